The molecule has 194 valence electrons. The van der Waals surface area contributed by atoms with E-state index in [-0.39, 0.29) is 26.0 Å². The molecule has 2 rings (SSSR count). The Kier molecular flexibility index (Phi) is 17.5. The monoisotopic (exact) mass is 644 g/mol. The maximum atomic E-state index is 12.9. The van der Waals surface area contributed by atoms with E-state index in [1.165, 1.54) is 0 Å². The first-order chi connectivity index (χ1) is 14.4. The van der Waals surface area contributed by atoms with Crippen LogP contribution in [0.3, 0.4) is 0 Å². The topological polar surface area (TPSA) is 140 Å². The van der Waals surface area contributed by atoms with Gasteiger partial charge in [0.1, 0.15) is 21.4 Å². The van der Waals surface area contributed by atoms with E-state index in [1.807, 2.05) is 0 Å². The second-order valence-corrected chi connectivity index (χ2v) is 12.9. The SMILES string of the molecule is C.C.O=C(Cl)c1ccc(F)c(S(=O)(=O)Cl)c1.O=C(O)c1ccc(F)c(S(=O)(=O)Cl)c1.O=S(Cl)Cl. The van der Waals surface area contributed by atoms with Gasteiger partial charge in [-0.05, 0) is 48.0 Å². The van der Waals surface area contributed by atoms with Gasteiger partial charge in [0.2, 0.25) is 9.23 Å². The molecule has 0 radical (unpaired) electrons. The minimum Gasteiger partial charge on any atom is -0.478 e. The molecule has 2 aromatic carbocycles. The maximum Gasteiger partial charge on any atom is 0.335 e. The molecule has 0 bridgehead atoms. The number of rotatable bonds is 4. The number of aromatic carboxylic acids is 1. The highest BCUT2D eigenvalue weighted by Crippen LogP contribution is 2.21. The Morgan fingerprint density at radius 2 is 1.09 bits per heavy atom. The molecule has 0 fully saturated rings. The Balaban J connectivity index is -0.000000465. The van der Waals surface area contributed by atoms with Crippen molar-refractivity contribution in [3.63, 3.8) is 0 Å². The Morgan fingerprint density at radius 1 is 0.794 bits per heavy atom. The highest BCUT2D eigenvalue weighted by molar-refractivity contribution is 8.26. The molecule has 0 atom stereocenters. The van der Waals surface area contributed by atoms with Crippen molar-refractivity contribution in [2.75, 3.05) is 0 Å². The molecule has 0 aliphatic rings. The van der Waals surface area contributed by atoms with Gasteiger partial charge in [0, 0.05) is 48.3 Å². The zero-order valence-corrected chi connectivity index (χ0v) is 20.9. The predicted molar refractivity (Wildman–Crippen MR) is 129 cm³/mol. The van der Waals surface area contributed by atoms with Crippen molar-refractivity contribution >= 4 is 92.9 Å². The largest absolute Gasteiger partial charge is 0.478 e. The average Bonchev–Trinajstić information content (AvgIpc) is 2.60. The molecule has 2 aromatic rings. The number of benzene rings is 2. The van der Waals surface area contributed by atoms with Crippen LogP contribution in [0.25, 0.3) is 0 Å². The fourth-order valence-electron chi connectivity index (χ4n) is 1.64. The number of hydrogen-bond acceptors (Lipinski definition) is 7. The summed E-state index contributed by atoms with van der Waals surface area (Å²) in [7, 11) is 8.70. The van der Waals surface area contributed by atoms with E-state index in [1.54, 1.807) is 0 Å². The van der Waals surface area contributed by atoms with Gasteiger partial charge < -0.3 is 5.11 Å². The van der Waals surface area contributed by atoms with Crippen molar-refractivity contribution < 1.29 is 44.5 Å². The minimum atomic E-state index is -4.26. The number of carbonyl (C=O) groups is 2. The lowest BCUT2D eigenvalue weighted by atomic mass is 10.2. The summed E-state index contributed by atoms with van der Waals surface area (Å²) < 4.78 is 78.0. The summed E-state index contributed by atoms with van der Waals surface area (Å²) in [6.45, 7) is 0. The van der Waals surface area contributed by atoms with E-state index in [0.29, 0.717) is 6.07 Å². The first-order valence-electron chi connectivity index (χ1n) is 7.03. The molecule has 1 N–H and O–H groups in total. The molecule has 0 heterocycles. The second kappa shape index (κ2) is 15.8. The van der Waals surface area contributed by atoms with E-state index in [9.17, 15) is 35.2 Å². The lowest BCUT2D eigenvalue weighted by Gasteiger charge is -1.99. The first-order valence-corrected chi connectivity index (χ1v) is 14.8. The van der Waals surface area contributed by atoms with Crippen LogP contribution in [0.15, 0.2) is 46.2 Å². The van der Waals surface area contributed by atoms with Crippen LogP contribution in [-0.4, -0.2) is 37.4 Å². The van der Waals surface area contributed by atoms with Crippen molar-refractivity contribution in [3.8, 4) is 0 Å². The Bertz CT molecular complexity index is 1160. The summed E-state index contributed by atoms with van der Waals surface area (Å²) in [4.78, 5) is 19.5. The quantitative estimate of drug-likeness (QED) is 0.405. The number of carboxylic acids is 1. The lowest BCUT2D eigenvalue weighted by molar-refractivity contribution is 0.0696. The van der Waals surface area contributed by atoms with Gasteiger partial charge in [-0.2, -0.15) is 0 Å². The third-order valence-corrected chi connectivity index (χ3v) is 5.75. The molecule has 0 aliphatic carbocycles. The van der Waals surface area contributed by atoms with Crippen molar-refractivity contribution in [3.05, 3.63) is 59.2 Å². The molecule has 0 unspecified atom stereocenters. The summed E-state index contributed by atoms with van der Waals surface area (Å²) >= 11 is 5.08. The molecular formula is C16H15Cl5F2O8S3. The van der Waals surface area contributed by atoms with Crippen LogP contribution in [0.1, 0.15) is 35.6 Å². The van der Waals surface area contributed by atoms with Gasteiger partial charge in [0.15, 0.2) is 0 Å². The summed E-state index contributed by atoms with van der Waals surface area (Å²) in [5.74, 6) is -3.46. The third kappa shape index (κ3) is 13.7. The molecule has 18 heteroatoms. The van der Waals surface area contributed by atoms with Gasteiger partial charge in [-0.15, -0.1) is 0 Å². The molecule has 0 amide bonds. The number of carbonyl (C=O) groups excluding carboxylic acids is 1. The second-order valence-electron chi connectivity index (χ2n) is 4.93. The van der Waals surface area contributed by atoms with E-state index in [0.717, 1.165) is 30.3 Å². The van der Waals surface area contributed by atoms with Gasteiger partial charge in [-0.25, -0.2) is 34.6 Å². The normalized spacial score (nSPS) is 10.4. The maximum absolute atomic E-state index is 12.9. The Labute approximate surface area is 220 Å². The van der Waals surface area contributed by atoms with Gasteiger partial charge in [-0.1, -0.05) is 14.9 Å². The van der Waals surface area contributed by atoms with E-state index < -0.39 is 60.0 Å². The first kappa shape index (κ1) is 37.5. The zero-order valence-electron chi connectivity index (χ0n) is 14.6. The fraction of sp³-hybridized carbons (Fsp3) is 0.125. The number of hydrogen-bond donors (Lipinski definition) is 1. The standard InChI is InChI=1S/C7H3Cl2FO3S.C7H4ClFO4S.2CH4.Cl2OS/c8-7(11)4-1-2-5(10)6(3-4)14(9,12)13;8-14(12,13)6-3-4(7(10)11)1-2-5(6)9;;;1-4(2)3/h1-3H;1-3H,(H,10,11);2*1H4;. The lowest BCUT2D eigenvalue weighted by Crippen LogP contribution is -2.01. The van der Waals surface area contributed by atoms with Crippen LogP contribution in [0.4, 0.5) is 8.78 Å². The van der Waals surface area contributed by atoms with Crippen molar-refractivity contribution in [1.29, 1.82) is 0 Å². The molecule has 8 nitrogen and oxygen atoms in total. The van der Waals surface area contributed by atoms with Crippen LogP contribution in [-0.2, 0) is 27.3 Å². The van der Waals surface area contributed by atoms with Gasteiger partial charge in [0.25, 0.3) is 23.3 Å². The van der Waals surface area contributed by atoms with Crippen molar-refractivity contribution in [1.82, 2.24) is 0 Å². The van der Waals surface area contributed by atoms with Crippen LogP contribution >= 0.6 is 54.3 Å². The summed E-state index contributed by atoms with van der Waals surface area (Å²) in [5, 5.41) is 7.62. The van der Waals surface area contributed by atoms with Crippen molar-refractivity contribution in [2.24, 2.45) is 0 Å². The number of halogens is 7. The summed E-state index contributed by atoms with van der Waals surface area (Å²) in [6, 6.07) is 5.01. The van der Waals surface area contributed by atoms with Crippen molar-refractivity contribution in [2.45, 2.75) is 24.6 Å². The molecule has 0 spiro atoms. The predicted octanol–water partition coefficient (Wildman–Crippen LogP) is 5.90. The Hall–Kier alpha value is -1.06. The molecule has 0 saturated heterocycles. The van der Waals surface area contributed by atoms with Crippen LogP contribution in [0.5, 0.6) is 0 Å². The van der Waals surface area contributed by atoms with E-state index in [4.69, 9.17) is 42.3 Å². The average molecular weight is 647 g/mol. The smallest absolute Gasteiger partial charge is 0.335 e. The molecule has 0 aromatic heterocycles. The minimum absolute atomic E-state index is 0. The van der Waals surface area contributed by atoms with Gasteiger partial charge >= 0.3 is 5.97 Å². The highest BCUT2D eigenvalue weighted by atomic mass is 36.0. The summed E-state index contributed by atoms with van der Waals surface area (Å²) in [5.41, 5.74) is -0.474. The van der Waals surface area contributed by atoms with E-state index >= 15 is 0 Å². The summed E-state index contributed by atoms with van der Waals surface area (Å²) in [6.07, 6.45) is 0. The van der Waals surface area contributed by atoms with Gasteiger partial charge in [0.05, 0.1) is 5.56 Å². The van der Waals surface area contributed by atoms with Crippen LogP contribution in [0.2, 0.25) is 0 Å². The zero-order chi connectivity index (χ0) is 25.4. The Morgan fingerprint density at radius 3 is 1.35 bits per heavy atom. The molecule has 0 saturated carbocycles. The fourth-order valence-corrected chi connectivity index (χ4v) is 3.60. The molecular weight excluding hydrogens is 632 g/mol. The van der Waals surface area contributed by atoms with E-state index in [2.05, 4.69) is 21.4 Å². The molecule has 34 heavy (non-hydrogen) atoms. The third-order valence-electron chi connectivity index (χ3n) is 2.86. The van der Waals surface area contributed by atoms with Crippen LogP contribution in [0, 0.1) is 11.6 Å². The highest BCUT2D eigenvalue weighted by Gasteiger charge is 2.19. The number of carboxylic acid groups (broad SMARTS) is 1. The molecule has 0 aliphatic heterocycles. The van der Waals surface area contributed by atoms with Crippen LogP contribution < -0.4 is 0 Å². The van der Waals surface area contributed by atoms with Gasteiger partial charge in [-0.3, -0.25) is 4.79 Å².